The molecular weight excluding hydrogens is 422 g/mol. The number of carbonyl (C=O) groups excluding carboxylic acids is 2. The smallest absolute Gasteiger partial charge is 0.343 e. The minimum Gasteiger partial charge on any atom is -0.494 e. The summed E-state index contributed by atoms with van der Waals surface area (Å²) in [6.45, 7) is 2.73. The van der Waals surface area contributed by atoms with Gasteiger partial charge in [0.05, 0.1) is 25.5 Å². The van der Waals surface area contributed by atoms with E-state index in [9.17, 15) is 9.59 Å². The highest BCUT2D eigenvalue weighted by molar-refractivity contribution is 5.95. The second-order valence-electron chi connectivity index (χ2n) is 6.96. The van der Waals surface area contributed by atoms with Crippen molar-refractivity contribution < 1.29 is 23.8 Å². The van der Waals surface area contributed by atoms with Gasteiger partial charge in [0, 0.05) is 18.0 Å². The molecule has 0 spiro atoms. The number of carbonyl (C=O) groups is 2. The molecule has 3 aromatic rings. The summed E-state index contributed by atoms with van der Waals surface area (Å²) >= 11 is 0. The molecule has 0 aliphatic carbocycles. The van der Waals surface area contributed by atoms with Gasteiger partial charge in [-0.2, -0.15) is 5.10 Å². The molecule has 0 atom stereocenters. The van der Waals surface area contributed by atoms with E-state index in [4.69, 9.17) is 14.2 Å². The Labute approximate surface area is 192 Å². The zero-order chi connectivity index (χ0) is 23.5. The van der Waals surface area contributed by atoms with Crippen molar-refractivity contribution in [3.05, 3.63) is 83.7 Å². The second kappa shape index (κ2) is 12.0. The molecule has 1 N–H and O–H groups in total. The molecule has 8 heteroatoms. The standard InChI is InChI=1S/C25H25N3O5/c1-3-4-15-32-21-8-6-20(7-9-21)25(30)33-22-10-5-18(16-23(22)31-2)17-27-28-24(29)19-11-13-26-14-12-19/h5-14,16-17H,3-4,15H2,1-2H3,(H,28,29)/b27-17-. The zero-order valence-corrected chi connectivity index (χ0v) is 18.5. The lowest BCUT2D eigenvalue weighted by molar-refractivity contribution is 0.0729. The van der Waals surface area contributed by atoms with Gasteiger partial charge in [0.15, 0.2) is 11.5 Å². The number of nitrogens with zero attached hydrogens (tertiary/aromatic N) is 2. The van der Waals surface area contributed by atoms with Crippen molar-refractivity contribution in [1.82, 2.24) is 10.4 Å². The number of benzene rings is 2. The number of pyridine rings is 1. The summed E-state index contributed by atoms with van der Waals surface area (Å²) in [7, 11) is 1.47. The molecule has 0 aliphatic heterocycles. The van der Waals surface area contributed by atoms with Crippen molar-refractivity contribution >= 4 is 18.1 Å². The average molecular weight is 447 g/mol. The first-order chi connectivity index (χ1) is 16.1. The minimum atomic E-state index is -0.514. The Morgan fingerprint density at radius 2 is 1.76 bits per heavy atom. The Kier molecular flexibility index (Phi) is 8.53. The molecule has 0 unspecified atom stereocenters. The van der Waals surface area contributed by atoms with Gasteiger partial charge >= 0.3 is 5.97 Å². The summed E-state index contributed by atoms with van der Waals surface area (Å²) in [5.41, 5.74) is 3.93. The van der Waals surface area contributed by atoms with Crippen LogP contribution in [-0.4, -0.2) is 36.8 Å². The quantitative estimate of drug-likeness (QED) is 0.164. The molecule has 33 heavy (non-hydrogen) atoms. The number of nitrogens with one attached hydrogen (secondary N) is 1. The molecule has 1 aromatic heterocycles. The first-order valence-electron chi connectivity index (χ1n) is 10.5. The Balaban J connectivity index is 1.61. The summed E-state index contributed by atoms with van der Waals surface area (Å²) in [5, 5.41) is 3.95. The summed E-state index contributed by atoms with van der Waals surface area (Å²) in [5.74, 6) is 0.459. The number of rotatable bonds is 10. The van der Waals surface area contributed by atoms with E-state index in [-0.39, 0.29) is 11.7 Å². The number of methoxy groups -OCH3 is 1. The van der Waals surface area contributed by atoms with E-state index in [2.05, 4.69) is 22.4 Å². The van der Waals surface area contributed by atoms with Gasteiger partial charge in [-0.1, -0.05) is 13.3 Å². The molecule has 0 saturated heterocycles. The number of hydrogen-bond acceptors (Lipinski definition) is 7. The van der Waals surface area contributed by atoms with Crippen LogP contribution < -0.4 is 19.6 Å². The molecule has 0 radical (unpaired) electrons. The highest BCUT2D eigenvalue weighted by Crippen LogP contribution is 2.28. The summed E-state index contributed by atoms with van der Waals surface area (Å²) in [6, 6.07) is 14.9. The molecule has 0 saturated carbocycles. The van der Waals surface area contributed by atoms with Crippen molar-refractivity contribution in [1.29, 1.82) is 0 Å². The third-order valence-corrected chi connectivity index (χ3v) is 4.57. The maximum absolute atomic E-state index is 12.5. The van der Waals surface area contributed by atoms with Crippen LogP contribution in [0.5, 0.6) is 17.2 Å². The molecule has 2 aromatic carbocycles. The zero-order valence-electron chi connectivity index (χ0n) is 18.5. The van der Waals surface area contributed by atoms with E-state index in [0.717, 1.165) is 12.8 Å². The van der Waals surface area contributed by atoms with Gasteiger partial charge in [-0.05, 0) is 66.6 Å². The minimum absolute atomic E-state index is 0.267. The van der Waals surface area contributed by atoms with Gasteiger partial charge in [-0.3, -0.25) is 9.78 Å². The lowest BCUT2D eigenvalue weighted by Crippen LogP contribution is -2.17. The Morgan fingerprint density at radius 1 is 1.00 bits per heavy atom. The van der Waals surface area contributed by atoms with Gasteiger partial charge in [-0.15, -0.1) is 0 Å². The third-order valence-electron chi connectivity index (χ3n) is 4.57. The fourth-order valence-electron chi connectivity index (χ4n) is 2.76. The highest BCUT2D eigenvalue weighted by Gasteiger charge is 2.13. The van der Waals surface area contributed by atoms with Gasteiger partial charge in [0.2, 0.25) is 0 Å². The maximum atomic E-state index is 12.5. The lowest BCUT2D eigenvalue weighted by Gasteiger charge is -2.10. The van der Waals surface area contributed by atoms with E-state index in [1.165, 1.54) is 25.7 Å². The molecule has 1 heterocycles. The lowest BCUT2D eigenvalue weighted by atomic mass is 10.2. The monoisotopic (exact) mass is 447 g/mol. The van der Waals surface area contributed by atoms with Crippen LogP contribution in [0, 0.1) is 0 Å². The van der Waals surface area contributed by atoms with Crippen LogP contribution in [0.1, 0.15) is 46.0 Å². The highest BCUT2D eigenvalue weighted by atomic mass is 16.6. The van der Waals surface area contributed by atoms with Crippen LogP contribution in [-0.2, 0) is 0 Å². The SMILES string of the molecule is CCCCOc1ccc(C(=O)Oc2ccc(/C=N\NC(=O)c3ccncc3)cc2OC)cc1. The van der Waals surface area contributed by atoms with E-state index in [1.54, 1.807) is 54.6 Å². The van der Waals surface area contributed by atoms with Crippen LogP contribution in [0.3, 0.4) is 0 Å². The van der Waals surface area contributed by atoms with Crippen molar-refractivity contribution in [3.63, 3.8) is 0 Å². The normalized spacial score (nSPS) is 10.6. The first kappa shape index (κ1) is 23.5. The molecule has 0 fully saturated rings. The van der Waals surface area contributed by atoms with E-state index in [1.807, 2.05) is 0 Å². The Bertz CT molecular complexity index is 1100. The number of hydrazone groups is 1. The summed E-state index contributed by atoms with van der Waals surface area (Å²) in [6.07, 6.45) is 6.54. The predicted octanol–water partition coefficient (Wildman–Crippen LogP) is 4.25. The average Bonchev–Trinajstić information content (AvgIpc) is 2.85. The number of ether oxygens (including phenoxy) is 3. The third kappa shape index (κ3) is 6.90. The summed E-state index contributed by atoms with van der Waals surface area (Å²) < 4.78 is 16.4. The van der Waals surface area contributed by atoms with E-state index < -0.39 is 5.97 Å². The molecule has 3 rings (SSSR count). The molecule has 0 aliphatic rings. The fourth-order valence-corrected chi connectivity index (χ4v) is 2.76. The van der Waals surface area contributed by atoms with Gasteiger partial charge < -0.3 is 14.2 Å². The van der Waals surface area contributed by atoms with Gasteiger partial charge in [0.1, 0.15) is 5.75 Å². The maximum Gasteiger partial charge on any atom is 0.343 e. The molecular formula is C25H25N3O5. The number of hydrogen-bond donors (Lipinski definition) is 1. The molecule has 1 amide bonds. The van der Waals surface area contributed by atoms with E-state index in [0.29, 0.717) is 34.8 Å². The topological polar surface area (TPSA) is 99.1 Å². The van der Waals surface area contributed by atoms with Crippen LogP contribution in [0.2, 0.25) is 0 Å². The number of amides is 1. The molecule has 170 valence electrons. The Hall–Kier alpha value is -4.20. The second-order valence-corrected chi connectivity index (χ2v) is 6.96. The van der Waals surface area contributed by atoms with Crippen molar-refractivity contribution in [2.75, 3.05) is 13.7 Å². The van der Waals surface area contributed by atoms with E-state index >= 15 is 0 Å². The predicted molar refractivity (Wildman–Crippen MR) is 124 cm³/mol. The molecule has 0 bridgehead atoms. The largest absolute Gasteiger partial charge is 0.494 e. The van der Waals surface area contributed by atoms with Crippen LogP contribution in [0.4, 0.5) is 0 Å². The van der Waals surface area contributed by atoms with Crippen molar-refractivity contribution in [2.45, 2.75) is 19.8 Å². The van der Waals surface area contributed by atoms with Gasteiger partial charge in [0.25, 0.3) is 5.91 Å². The Morgan fingerprint density at radius 3 is 2.45 bits per heavy atom. The van der Waals surface area contributed by atoms with Crippen LogP contribution >= 0.6 is 0 Å². The number of aromatic nitrogens is 1. The number of esters is 1. The van der Waals surface area contributed by atoms with Crippen LogP contribution in [0.25, 0.3) is 0 Å². The number of unbranched alkanes of at least 4 members (excludes halogenated alkanes) is 1. The molecule has 8 nitrogen and oxygen atoms in total. The van der Waals surface area contributed by atoms with Crippen molar-refractivity contribution in [2.24, 2.45) is 5.10 Å². The van der Waals surface area contributed by atoms with Gasteiger partial charge in [-0.25, -0.2) is 10.2 Å². The summed E-state index contributed by atoms with van der Waals surface area (Å²) in [4.78, 5) is 28.4. The van der Waals surface area contributed by atoms with Crippen LogP contribution in [0.15, 0.2) is 72.1 Å². The first-order valence-corrected chi connectivity index (χ1v) is 10.5. The fraction of sp³-hybridized carbons (Fsp3) is 0.200. The van der Waals surface area contributed by atoms with Crippen molar-refractivity contribution in [3.8, 4) is 17.2 Å².